The number of anilines is 2. The van der Waals surface area contributed by atoms with E-state index in [1.54, 1.807) is 0 Å². The first kappa shape index (κ1) is 19.0. The van der Waals surface area contributed by atoms with Gasteiger partial charge in [0.05, 0.1) is 16.9 Å². The molecule has 0 amide bonds. The third-order valence-electron chi connectivity index (χ3n) is 5.05. The maximum absolute atomic E-state index is 13.0. The van der Waals surface area contributed by atoms with Crippen molar-refractivity contribution in [3.05, 3.63) is 69.3 Å². The SMILES string of the molecule is Cc1ccc(Nc2nn(-c3ccc(Cl)cc3)c3c2C(=O)CC(C)(C)C3)cc1Cl. The van der Waals surface area contributed by atoms with E-state index in [0.717, 1.165) is 29.1 Å². The first-order valence-corrected chi connectivity index (χ1v) is 9.93. The first-order chi connectivity index (χ1) is 13.2. The van der Waals surface area contributed by atoms with Crippen LogP contribution in [0.5, 0.6) is 0 Å². The summed E-state index contributed by atoms with van der Waals surface area (Å²) in [4.78, 5) is 13.0. The van der Waals surface area contributed by atoms with Gasteiger partial charge in [0, 0.05) is 22.2 Å². The van der Waals surface area contributed by atoms with E-state index in [2.05, 4.69) is 19.2 Å². The summed E-state index contributed by atoms with van der Waals surface area (Å²) in [7, 11) is 0. The van der Waals surface area contributed by atoms with Crippen molar-refractivity contribution in [2.24, 2.45) is 5.41 Å². The molecule has 1 aliphatic rings. The Morgan fingerprint density at radius 3 is 2.46 bits per heavy atom. The summed E-state index contributed by atoms with van der Waals surface area (Å²) in [5.74, 6) is 0.664. The number of halogens is 2. The summed E-state index contributed by atoms with van der Waals surface area (Å²) >= 11 is 12.3. The number of Topliss-reactive ketones (excluding diaryl/α,β-unsaturated/α-hetero) is 1. The van der Waals surface area contributed by atoms with Gasteiger partial charge in [-0.3, -0.25) is 4.79 Å². The Bertz CT molecular complexity index is 1070. The predicted molar refractivity (Wildman–Crippen MR) is 114 cm³/mol. The molecule has 1 aliphatic carbocycles. The van der Waals surface area contributed by atoms with Gasteiger partial charge in [-0.2, -0.15) is 0 Å². The second kappa shape index (κ2) is 6.94. The molecule has 0 unspecified atom stereocenters. The van der Waals surface area contributed by atoms with Gasteiger partial charge in [-0.1, -0.05) is 43.1 Å². The van der Waals surface area contributed by atoms with Crippen molar-refractivity contribution in [1.29, 1.82) is 0 Å². The highest BCUT2D eigenvalue weighted by atomic mass is 35.5. The van der Waals surface area contributed by atoms with E-state index in [9.17, 15) is 4.79 Å². The Balaban J connectivity index is 1.84. The van der Waals surface area contributed by atoms with Crippen molar-refractivity contribution in [2.75, 3.05) is 5.32 Å². The molecule has 4 nitrogen and oxygen atoms in total. The van der Waals surface area contributed by atoms with Gasteiger partial charge in [-0.25, -0.2) is 4.68 Å². The summed E-state index contributed by atoms with van der Waals surface area (Å²) in [5, 5.41) is 9.38. The van der Waals surface area contributed by atoms with E-state index in [0.29, 0.717) is 27.8 Å². The van der Waals surface area contributed by atoms with Crippen LogP contribution in [0.25, 0.3) is 5.69 Å². The smallest absolute Gasteiger partial charge is 0.169 e. The molecule has 0 fully saturated rings. The van der Waals surface area contributed by atoms with Gasteiger partial charge in [-0.15, -0.1) is 5.10 Å². The van der Waals surface area contributed by atoms with Crippen LogP contribution in [0, 0.1) is 12.3 Å². The lowest BCUT2D eigenvalue weighted by molar-refractivity contribution is 0.0912. The maximum atomic E-state index is 13.0. The molecule has 0 bridgehead atoms. The van der Waals surface area contributed by atoms with Crippen LogP contribution in [0.4, 0.5) is 11.5 Å². The zero-order valence-electron chi connectivity index (χ0n) is 16.0. The van der Waals surface area contributed by atoms with Crippen LogP contribution >= 0.6 is 23.2 Å². The number of nitrogens with one attached hydrogen (secondary N) is 1. The fourth-order valence-corrected chi connectivity index (χ4v) is 3.95. The summed E-state index contributed by atoms with van der Waals surface area (Å²) in [6, 6.07) is 13.2. The standard InChI is InChI=1S/C22H21Cl2N3O/c1-13-4-7-15(10-17(13)24)25-21-20-18(11-22(2,3)12-19(20)28)27(26-21)16-8-5-14(23)6-9-16/h4-10H,11-12H2,1-3H3,(H,25,26). The topological polar surface area (TPSA) is 46.9 Å². The molecule has 28 heavy (non-hydrogen) atoms. The van der Waals surface area contributed by atoms with Crippen molar-refractivity contribution in [3.63, 3.8) is 0 Å². The molecule has 1 aromatic heterocycles. The summed E-state index contributed by atoms with van der Waals surface area (Å²) in [5.41, 5.74) is 4.14. The van der Waals surface area contributed by atoms with E-state index < -0.39 is 0 Å². The third kappa shape index (κ3) is 3.54. The first-order valence-electron chi connectivity index (χ1n) is 9.18. The Morgan fingerprint density at radius 1 is 1.07 bits per heavy atom. The van der Waals surface area contributed by atoms with E-state index >= 15 is 0 Å². The molecule has 0 aliphatic heterocycles. The van der Waals surface area contributed by atoms with Gasteiger partial charge < -0.3 is 5.32 Å². The molecular formula is C22H21Cl2N3O. The van der Waals surface area contributed by atoms with Gasteiger partial charge in [0.2, 0.25) is 0 Å². The van der Waals surface area contributed by atoms with E-state index in [1.165, 1.54) is 0 Å². The lowest BCUT2D eigenvalue weighted by atomic mass is 9.76. The zero-order valence-corrected chi connectivity index (χ0v) is 17.5. The minimum atomic E-state index is -0.112. The largest absolute Gasteiger partial charge is 0.338 e. The number of carbonyl (C=O) groups excluding carboxylic acids is 1. The Kier molecular flexibility index (Phi) is 4.72. The molecule has 1 heterocycles. The third-order valence-corrected chi connectivity index (χ3v) is 5.71. The summed E-state index contributed by atoms with van der Waals surface area (Å²) in [6.45, 7) is 6.18. The number of aromatic nitrogens is 2. The lowest BCUT2D eigenvalue weighted by Crippen LogP contribution is -2.28. The second-order valence-corrected chi connectivity index (χ2v) is 8.93. The van der Waals surface area contributed by atoms with Crippen LogP contribution in [0.1, 0.15) is 41.9 Å². The number of nitrogens with zero attached hydrogens (tertiary/aromatic N) is 2. The molecule has 1 N–H and O–H groups in total. The van der Waals surface area contributed by atoms with Crippen LogP contribution in [0.2, 0.25) is 10.0 Å². The Hall–Kier alpha value is -2.30. The molecule has 0 saturated heterocycles. The van der Waals surface area contributed by atoms with Gasteiger partial charge >= 0.3 is 0 Å². The Labute approximate surface area is 174 Å². The highest BCUT2D eigenvalue weighted by Crippen LogP contribution is 2.39. The minimum Gasteiger partial charge on any atom is -0.338 e. The van der Waals surface area contributed by atoms with Crippen molar-refractivity contribution in [2.45, 2.75) is 33.6 Å². The normalized spacial score (nSPS) is 15.4. The number of hydrogen-bond donors (Lipinski definition) is 1. The number of carbonyl (C=O) groups is 1. The molecule has 0 spiro atoms. The van der Waals surface area contributed by atoms with E-state index in [1.807, 2.05) is 54.1 Å². The molecule has 3 aromatic rings. The Morgan fingerprint density at radius 2 is 1.79 bits per heavy atom. The minimum absolute atomic E-state index is 0.104. The van der Waals surface area contributed by atoms with Crippen molar-refractivity contribution in [1.82, 2.24) is 9.78 Å². The maximum Gasteiger partial charge on any atom is 0.169 e. The highest BCUT2D eigenvalue weighted by molar-refractivity contribution is 6.31. The number of fused-ring (bicyclic) bond motifs is 1. The molecule has 0 radical (unpaired) electrons. The van der Waals surface area contributed by atoms with Crippen LogP contribution in [0.15, 0.2) is 42.5 Å². The molecule has 6 heteroatoms. The molecule has 0 saturated carbocycles. The van der Waals surface area contributed by atoms with Crippen LogP contribution in [-0.4, -0.2) is 15.6 Å². The van der Waals surface area contributed by atoms with Crippen molar-refractivity contribution >= 4 is 40.5 Å². The fourth-order valence-electron chi connectivity index (χ4n) is 3.64. The number of hydrogen-bond acceptors (Lipinski definition) is 3. The zero-order chi connectivity index (χ0) is 20.1. The average Bonchev–Trinajstić information content (AvgIpc) is 2.96. The second-order valence-electron chi connectivity index (χ2n) is 8.09. The molecule has 144 valence electrons. The van der Waals surface area contributed by atoms with Crippen molar-refractivity contribution in [3.8, 4) is 5.69 Å². The monoisotopic (exact) mass is 413 g/mol. The number of aryl methyl sites for hydroxylation is 1. The number of benzene rings is 2. The highest BCUT2D eigenvalue weighted by Gasteiger charge is 2.36. The number of rotatable bonds is 3. The van der Waals surface area contributed by atoms with Crippen molar-refractivity contribution < 1.29 is 4.79 Å². The summed E-state index contributed by atoms with van der Waals surface area (Å²) < 4.78 is 1.85. The lowest BCUT2D eigenvalue weighted by Gasteiger charge is -2.29. The predicted octanol–water partition coefficient (Wildman–Crippen LogP) is 6.39. The van der Waals surface area contributed by atoms with Crippen LogP contribution in [-0.2, 0) is 6.42 Å². The molecule has 2 aromatic carbocycles. The fraction of sp³-hybridized carbons (Fsp3) is 0.273. The molecule has 4 rings (SSSR count). The van der Waals surface area contributed by atoms with Gasteiger partial charge in [0.1, 0.15) is 0 Å². The van der Waals surface area contributed by atoms with Gasteiger partial charge in [-0.05, 0) is 60.7 Å². The van der Waals surface area contributed by atoms with Gasteiger partial charge in [0.25, 0.3) is 0 Å². The van der Waals surface area contributed by atoms with Crippen LogP contribution < -0.4 is 5.32 Å². The molecule has 0 atom stereocenters. The van der Waals surface area contributed by atoms with E-state index in [4.69, 9.17) is 28.3 Å². The average molecular weight is 414 g/mol. The summed E-state index contributed by atoms with van der Waals surface area (Å²) in [6.07, 6.45) is 1.26. The van der Waals surface area contributed by atoms with E-state index in [-0.39, 0.29) is 11.2 Å². The number of ketones is 1. The van der Waals surface area contributed by atoms with Gasteiger partial charge in [0.15, 0.2) is 11.6 Å². The molecular weight excluding hydrogens is 393 g/mol. The quantitative estimate of drug-likeness (QED) is 0.541. The van der Waals surface area contributed by atoms with Crippen LogP contribution in [0.3, 0.4) is 0 Å².